The Labute approximate surface area is 162 Å². The number of benzene rings is 2. The van der Waals surface area contributed by atoms with Gasteiger partial charge < -0.3 is 20.5 Å². The number of carboxylic acid groups (broad SMARTS) is 1. The minimum atomic E-state index is -1.06. The van der Waals surface area contributed by atoms with E-state index in [2.05, 4.69) is 10.6 Å². The Morgan fingerprint density at radius 2 is 1.86 bits per heavy atom. The Hall–Kier alpha value is -3.35. The quantitative estimate of drug-likeness (QED) is 0.736. The minimum Gasteiger partial charge on any atom is -0.481 e. The van der Waals surface area contributed by atoms with E-state index < -0.39 is 12.6 Å². The lowest BCUT2D eigenvalue weighted by molar-refractivity contribution is -0.139. The van der Waals surface area contributed by atoms with Crippen LogP contribution in [0.15, 0.2) is 30.3 Å². The molecule has 0 atom stereocenters. The van der Waals surface area contributed by atoms with Crippen LogP contribution in [0.2, 0.25) is 0 Å². The average molecular weight is 382 g/mol. The molecule has 3 rings (SSSR count). The van der Waals surface area contributed by atoms with Crippen molar-refractivity contribution in [2.75, 3.05) is 17.2 Å². The number of rotatable bonds is 5. The molecule has 0 fully saturated rings. The number of anilines is 2. The van der Waals surface area contributed by atoms with Crippen LogP contribution in [-0.4, -0.2) is 29.5 Å². The minimum absolute atomic E-state index is 0.00620. The largest absolute Gasteiger partial charge is 0.481 e. The summed E-state index contributed by atoms with van der Waals surface area (Å²) in [6.07, 6.45) is 2.03. The highest BCUT2D eigenvalue weighted by atomic mass is 16.5. The Morgan fingerprint density at radius 3 is 2.54 bits per heavy atom. The van der Waals surface area contributed by atoms with Gasteiger partial charge in [-0.25, -0.2) is 4.79 Å². The van der Waals surface area contributed by atoms with E-state index in [0.29, 0.717) is 34.5 Å². The van der Waals surface area contributed by atoms with E-state index in [0.717, 1.165) is 24.1 Å². The van der Waals surface area contributed by atoms with E-state index in [1.807, 2.05) is 6.07 Å². The molecule has 2 aromatic rings. The van der Waals surface area contributed by atoms with Crippen molar-refractivity contribution in [2.45, 2.75) is 33.1 Å². The Morgan fingerprint density at radius 1 is 1.14 bits per heavy atom. The van der Waals surface area contributed by atoms with Gasteiger partial charge in [0.2, 0.25) is 5.91 Å². The van der Waals surface area contributed by atoms with Gasteiger partial charge in [-0.3, -0.25) is 9.59 Å². The zero-order chi connectivity index (χ0) is 20.3. The number of nitrogens with one attached hydrogen (secondary N) is 2. The molecule has 2 aromatic carbocycles. The Kier molecular flexibility index (Phi) is 5.63. The normalized spacial score (nSPS) is 13.1. The number of carbonyl (C=O) groups is 3. The van der Waals surface area contributed by atoms with Crippen molar-refractivity contribution in [2.24, 2.45) is 0 Å². The molecule has 3 N–H and O–H groups in total. The van der Waals surface area contributed by atoms with Crippen LogP contribution in [0, 0.1) is 13.8 Å². The number of fused-ring (bicyclic) bond motifs is 1. The second-order valence-electron chi connectivity index (χ2n) is 6.85. The van der Waals surface area contributed by atoms with Gasteiger partial charge in [-0.2, -0.15) is 0 Å². The van der Waals surface area contributed by atoms with E-state index in [1.54, 1.807) is 38.1 Å². The summed E-state index contributed by atoms with van der Waals surface area (Å²) in [6, 6.07) is 8.77. The molecular weight excluding hydrogens is 360 g/mol. The Balaban J connectivity index is 1.77. The van der Waals surface area contributed by atoms with Gasteiger partial charge in [-0.05, 0) is 73.7 Å². The maximum atomic E-state index is 12.7. The molecule has 0 unspecified atom stereocenters. The highest BCUT2D eigenvalue weighted by molar-refractivity contribution is 6.05. The summed E-state index contributed by atoms with van der Waals surface area (Å²) in [5, 5.41) is 14.5. The SMILES string of the molecule is Cc1cc(C(=O)Nc2ccc3c(c2)CCCC(=O)N3)cc(C)c1OCC(=O)O. The van der Waals surface area contributed by atoms with Crippen LogP contribution in [0.1, 0.15) is 39.9 Å². The fourth-order valence-electron chi connectivity index (χ4n) is 3.30. The lowest BCUT2D eigenvalue weighted by atomic mass is 10.0. The summed E-state index contributed by atoms with van der Waals surface area (Å²) < 4.78 is 5.30. The van der Waals surface area contributed by atoms with E-state index in [9.17, 15) is 14.4 Å². The first-order valence-corrected chi connectivity index (χ1v) is 9.03. The molecular formula is C21H22N2O5. The predicted molar refractivity (Wildman–Crippen MR) is 105 cm³/mol. The van der Waals surface area contributed by atoms with Crippen molar-refractivity contribution < 1.29 is 24.2 Å². The zero-order valence-corrected chi connectivity index (χ0v) is 15.8. The number of carbonyl (C=O) groups excluding carboxylic acids is 2. The fourth-order valence-corrected chi connectivity index (χ4v) is 3.30. The third-order valence-corrected chi connectivity index (χ3v) is 4.55. The smallest absolute Gasteiger partial charge is 0.341 e. The molecule has 0 radical (unpaired) electrons. The van der Waals surface area contributed by atoms with E-state index in [1.165, 1.54) is 0 Å². The first kappa shape index (κ1) is 19.4. The second-order valence-corrected chi connectivity index (χ2v) is 6.85. The molecule has 146 valence electrons. The average Bonchev–Trinajstić information content (AvgIpc) is 2.80. The molecule has 1 aliphatic rings. The van der Waals surface area contributed by atoms with Crippen LogP contribution < -0.4 is 15.4 Å². The molecule has 2 amide bonds. The van der Waals surface area contributed by atoms with Gasteiger partial charge in [-0.15, -0.1) is 0 Å². The van der Waals surface area contributed by atoms with Crippen LogP contribution in [0.5, 0.6) is 5.75 Å². The maximum absolute atomic E-state index is 12.7. The summed E-state index contributed by atoms with van der Waals surface area (Å²) in [5.74, 6) is -0.847. The molecule has 0 aromatic heterocycles. The van der Waals surface area contributed by atoms with E-state index >= 15 is 0 Å². The monoisotopic (exact) mass is 382 g/mol. The summed E-state index contributed by atoms with van der Waals surface area (Å²) in [5.41, 5.74) is 4.27. The number of aliphatic carboxylic acids is 1. The predicted octanol–water partition coefficient (Wildman–Crippen LogP) is 3.29. The molecule has 0 spiro atoms. The van der Waals surface area contributed by atoms with Crippen molar-refractivity contribution in [3.63, 3.8) is 0 Å². The number of hydrogen-bond donors (Lipinski definition) is 3. The lowest BCUT2D eigenvalue weighted by Gasteiger charge is -2.14. The number of amides is 2. The second kappa shape index (κ2) is 8.12. The molecule has 0 saturated carbocycles. The molecule has 7 nitrogen and oxygen atoms in total. The van der Waals surface area contributed by atoms with Gasteiger partial charge in [0.25, 0.3) is 5.91 Å². The van der Waals surface area contributed by atoms with Crippen LogP contribution >= 0.6 is 0 Å². The van der Waals surface area contributed by atoms with Crippen LogP contribution in [0.4, 0.5) is 11.4 Å². The number of hydrogen-bond acceptors (Lipinski definition) is 4. The zero-order valence-electron chi connectivity index (χ0n) is 15.8. The molecule has 1 heterocycles. The van der Waals surface area contributed by atoms with E-state index in [-0.39, 0.29) is 11.8 Å². The van der Waals surface area contributed by atoms with Gasteiger partial charge in [0.15, 0.2) is 6.61 Å². The van der Waals surface area contributed by atoms with Crippen LogP contribution in [0.3, 0.4) is 0 Å². The Bertz CT molecular complexity index is 929. The summed E-state index contributed by atoms with van der Waals surface area (Å²) in [7, 11) is 0. The van der Waals surface area contributed by atoms with Crippen molar-refractivity contribution in [1.82, 2.24) is 0 Å². The molecule has 28 heavy (non-hydrogen) atoms. The van der Waals surface area contributed by atoms with Gasteiger partial charge in [0, 0.05) is 23.4 Å². The van der Waals surface area contributed by atoms with Crippen LogP contribution in [0.25, 0.3) is 0 Å². The molecule has 1 aliphatic heterocycles. The third-order valence-electron chi connectivity index (χ3n) is 4.55. The molecule has 0 aliphatic carbocycles. The van der Waals surface area contributed by atoms with Crippen molar-refractivity contribution in [1.29, 1.82) is 0 Å². The van der Waals surface area contributed by atoms with Crippen LogP contribution in [-0.2, 0) is 16.0 Å². The standard InChI is InChI=1S/C21H22N2O5/c1-12-8-15(9-13(2)20(12)28-11-19(25)26)21(27)22-16-6-7-17-14(10-16)4-3-5-18(24)23-17/h6-10H,3-5,11H2,1-2H3,(H,22,27)(H,23,24)(H,25,26). The van der Waals surface area contributed by atoms with Gasteiger partial charge in [-0.1, -0.05) is 0 Å². The van der Waals surface area contributed by atoms with Crippen molar-refractivity contribution in [3.8, 4) is 5.75 Å². The molecule has 0 saturated heterocycles. The molecule has 0 bridgehead atoms. The fraction of sp³-hybridized carbons (Fsp3) is 0.286. The topological polar surface area (TPSA) is 105 Å². The summed E-state index contributed by atoms with van der Waals surface area (Å²) in [6.45, 7) is 3.11. The molecule has 7 heteroatoms. The number of aryl methyl sites for hydroxylation is 3. The summed E-state index contributed by atoms with van der Waals surface area (Å²) in [4.78, 5) is 35.0. The third kappa shape index (κ3) is 4.49. The number of carboxylic acids is 1. The van der Waals surface area contributed by atoms with Crippen molar-refractivity contribution in [3.05, 3.63) is 52.6 Å². The first-order valence-electron chi connectivity index (χ1n) is 9.03. The van der Waals surface area contributed by atoms with Gasteiger partial charge >= 0.3 is 5.97 Å². The highest BCUT2D eigenvalue weighted by Crippen LogP contribution is 2.27. The summed E-state index contributed by atoms with van der Waals surface area (Å²) >= 11 is 0. The van der Waals surface area contributed by atoms with E-state index in [4.69, 9.17) is 9.84 Å². The van der Waals surface area contributed by atoms with Gasteiger partial charge in [0.05, 0.1) is 0 Å². The first-order chi connectivity index (χ1) is 13.3. The highest BCUT2D eigenvalue weighted by Gasteiger charge is 2.16. The lowest BCUT2D eigenvalue weighted by Crippen LogP contribution is -2.15. The van der Waals surface area contributed by atoms with Crippen molar-refractivity contribution >= 4 is 29.2 Å². The number of ether oxygens (including phenoxy) is 1. The maximum Gasteiger partial charge on any atom is 0.341 e. The van der Waals surface area contributed by atoms with Gasteiger partial charge in [0.1, 0.15) is 5.75 Å².